The second kappa shape index (κ2) is 4.88. The van der Waals surface area contributed by atoms with Gasteiger partial charge in [-0.15, -0.1) is 0 Å². The quantitative estimate of drug-likeness (QED) is 0.867. The lowest BCUT2D eigenvalue weighted by Crippen LogP contribution is -2.43. The van der Waals surface area contributed by atoms with Crippen LogP contribution in [-0.4, -0.2) is 41.0 Å². The first kappa shape index (κ1) is 5.13. The number of carbonyl (C=O) groups is 1. The molecule has 4 nitrogen and oxygen atoms in total. The molecule has 2 aromatic rings. The number of benzene rings is 1. The van der Waals surface area contributed by atoms with Crippen molar-refractivity contribution in [2.75, 3.05) is 7.05 Å². The summed E-state index contributed by atoms with van der Waals surface area (Å²) in [6.07, 6.45) is -18.8. The second-order valence-electron chi connectivity index (χ2n) is 4.57. The van der Waals surface area contributed by atoms with Gasteiger partial charge in [0.05, 0.1) is 9.68 Å². The standard InChI is InChI=1S/C17H20N2O2/c1-19-11-6-7-12(19)9-13(8-11)21-17(20)15-10-18-16-5-3-2-4-14(15)16/h2-5,10-13,18H,6-9H2,1H3/t11-,12+,13?/i2D,6D2,7D2,8D2,9D2,10D,11D,12D,13D. The lowest BCUT2D eigenvalue weighted by atomic mass is 10.0. The number of esters is 1. The first-order valence-electron chi connectivity index (χ1n) is 12.7. The zero-order valence-electron chi connectivity index (χ0n) is 24.0. The minimum Gasteiger partial charge on any atom is -0.459 e. The number of hydrogen-bond donors (Lipinski definition) is 1. The Kier molecular flexibility index (Phi) is 1.19. The number of H-pyrrole nitrogens is 1. The van der Waals surface area contributed by atoms with Crippen molar-refractivity contribution in [2.45, 2.75) is 43.6 Å². The van der Waals surface area contributed by atoms with Gasteiger partial charge in [0.15, 0.2) is 0 Å². The van der Waals surface area contributed by atoms with Crippen LogP contribution in [0, 0.1) is 0 Å². The molecule has 3 atom stereocenters. The fraction of sp³-hybridized carbons (Fsp3) is 0.471. The zero-order chi connectivity index (χ0) is 26.1. The van der Waals surface area contributed by atoms with E-state index < -0.39 is 61.3 Å². The summed E-state index contributed by atoms with van der Waals surface area (Å²) in [6.45, 7) is 0. The number of aromatic nitrogens is 1. The van der Waals surface area contributed by atoms with Crippen molar-refractivity contribution >= 4 is 16.9 Å². The molecule has 0 spiro atoms. The summed E-state index contributed by atoms with van der Waals surface area (Å²) in [4.78, 5) is 16.0. The number of ether oxygens (including phenoxy) is 1. The third-order valence-corrected chi connectivity index (χ3v) is 3.29. The number of piperidine rings is 1. The Morgan fingerprint density at radius 3 is 3.00 bits per heavy atom. The van der Waals surface area contributed by atoms with Gasteiger partial charge in [-0.25, -0.2) is 4.79 Å². The fourth-order valence-corrected chi connectivity index (χ4v) is 2.17. The second-order valence-corrected chi connectivity index (χ2v) is 4.57. The van der Waals surface area contributed by atoms with Gasteiger partial charge in [0.2, 0.25) is 0 Å². The molecular formula is C17H20N2O2. The Labute approximate surface area is 142 Å². The van der Waals surface area contributed by atoms with Crippen LogP contribution in [-0.2, 0) is 4.74 Å². The van der Waals surface area contributed by atoms with E-state index in [1.165, 1.54) is 18.2 Å². The summed E-state index contributed by atoms with van der Waals surface area (Å²) in [7, 11) is 0.817. The minimum atomic E-state index is -3.79. The Balaban J connectivity index is 1.95. The van der Waals surface area contributed by atoms with Crippen molar-refractivity contribution in [1.82, 2.24) is 9.88 Å². The van der Waals surface area contributed by atoms with Crippen molar-refractivity contribution in [2.24, 2.45) is 0 Å². The molecule has 2 aliphatic rings. The minimum absolute atomic E-state index is 0.00467. The molecule has 0 aliphatic carbocycles. The number of aromatic amines is 1. The van der Waals surface area contributed by atoms with Crippen LogP contribution in [0.15, 0.2) is 30.4 Å². The van der Waals surface area contributed by atoms with Crippen LogP contribution in [0.2, 0.25) is 0 Å². The van der Waals surface area contributed by atoms with E-state index in [4.69, 9.17) is 22.6 Å². The lowest BCUT2D eigenvalue weighted by Gasteiger charge is -2.35. The van der Waals surface area contributed by atoms with Crippen molar-refractivity contribution in [3.63, 3.8) is 0 Å². The van der Waals surface area contributed by atoms with E-state index in [0.717, 1.165) is 7.05 Å². The van der Waals surface area contributed by atoms with Gasteiger partial charge in [-0.05, 0) is 25.9 Å². The van der Waals surface area contributed by atoms with Gasteiger partial charge in [0, 0.05) is 55.6 Å². The predicted octanol–water partition coefficient (Wildman–Crippen LogP) is 2.95. The van der Waals surface area contributed by atoms with Crippen molar-refractivity contribution in [3.8, 4) is 0 Å². The van der Waals surface area contributed by atoms with Gasteiger partial charge >= 0.3 is 5.97 Å². The average molecular weight is 297 g/mol. The highest BCUT2D eigenvalue weighted by atomic mass is 16.5. The molecule has 2 aliphatic heterocycles. The number of fused-ring (bicyclic) bond motifs is 3. The molecule has 1 aromatic carbocycles. The van der Waals surface area contributed by atoms with E-state index in [0.29, 0.717) is 0 Å². The number of carbonyl (C=O) groups excluding carboxylic acids is 1. The molecule has 110 valence electrons. The maximum atomic E-state index is 13.1. The molecule has 0 saturated carbocycles. The Hall–Kier alpha value is -1.81. The third-order valence-electron chi connectivity index (χ3n) is 3.29. The Morgan fingerprint density at radius 1 is 1.48 bits per heavy atom. The van der Waals surface area contributed by atoms with Crippen molar-refractivity contribution < 1.29 is 27.4 Å². The van der Waals surface area contributed by atoms with Crippen LogP contribution in [0.1, 0.15) is 53.7 Å². The van der Waals surface area contributed by atoms with Gasteiger partial charge in [0.25, 0.3) is 0 Å². The van der Waals surface area contributed by atoms with E-state index in [1.807, 2.05) is 0 Å². The highest BCUT2D eigenvalue weighted by Gasteiger charge is 2.40. The van der Waals surface area contributed by atoms with Crippen LogP contribution >= 0.6 is 0 Å². The van der Waals surface area contributed by atoms with Gasteiger partial charge in [-0.1, -0.05) is 18.2 Å². The molecule has 0 amide bonds. The van der Waals surface area contributed by atoms with Gasteiger partial charge in [-0.3, -0.25) is 0 Å². The summed E-state index contributed by atoms with van der Waals surface area (Å²) in [5.41, 5.74) is -0.333. The SMILES string of the molecule is [2H]c1ccc2[nH]c([2H])c(C(=O)OC3([2H])C([2H])([2H])[C@]4([2H])N(C)[C@]([2H])(C3([2H])[2H])C([2H])([2H])C4([2H])[2H])c2c1. The first-order valence-corrected chi connectivity index (χ1v) is 6.24. The van der Waals surface area contributed by atoms with Gasteiger partial charge < -0.3 is 14.6 Å². The summed E-state index contributed by atoms with van der Waals surface area (Å²) in [6, 6.07) is -2.84. The lowest BCUT2D eigenvalue weighted by molar-refractivity contribution is -0.000258. The maximum Gasteiger partial charge on any atom is 0.340 e. The Morgan fingerprint density at radius 2 is 2.24 bits per heavy atom. The van der Waals surface area contributed by atoms with Crippen LogP contribution in [0.5, 0.6) is 0 Å². The van der Waals surface area contributed by atoms with Crippen LogP contribution < -0.4 is 0 Å². The molecule has 2 saturated heterocycles. The van der Waals surface area contributed by atoms with Gasteiger partial charge in [-0.2, -0.15) is 0 Å². The van der Waals surface area contributed by atoms with E-state index in [-0.39, 0.29) is 21.8 Å². The number of rotatable bonds is 2. The van der Waals surface area contributed by atoms with Crippen LogP contribution in [0.25, 0.3) is 10.9 Å². The first-order chi connectivity index (χ1) is 15.2. The van der Waals surface area contributed by atoms with E-state index in [2.05, 4.69) is 4.98 Å². The summed E-state index contributed by atoms with van der Waals surface area (Å²) in [5, 5.41) is -0.00467. The number of para-hydroxylation sites is 1. The number of nitrogens with zero attached hydrogens (tertiary/aromatic N) is 1. The van der Waals surface area contributed by atoms with E-state index in [9.17, 15) is 4.79 Å². The molecule has 0 radical (unpaired) electrons. The Bertz CT molecular complexity index is 1190. The summed E-state index contributed by atoms with van der Waals surface area (Å²) in [5.74, 6) is -1.58. The van der Waals surface area contributed by atoms with Crippen molar-refractivity contribution in [1.29, 1.82) is 0 Å². The molecule has 21 heavy (non-hydrogen) atoms. The number of hydrogen-bond acceptors (Lipinski definition) is 3. The molecule has 4 heteroatoms. The molecular weight excluding hydrogens is 264 g/mol. The third kappa shape index (κ3) is 2.14. The molecule has 1 N–H and O–H groups in total. The fourth-order valence-electron chi connectivity index (χ4n) is 2.17. The number of nitrogens with one attached hydrogen (secondary N) is 1. The highest BCUT2D eigenvalue weighted by molar-refractivity contribution is 6.04. The zero-order valence-corrected chi connectivity index (χ0v) is 11.0. The molecule has 3 heterocycles. The summed E-state index contributed by atoms with van der Waals surface area (Å²) < 4.78 is 114. The monoisotopic (exact) mass is 297 g/mol. The highest BCUT2D eigenvalue weighted by Crippen LogP contribution is 2.35. The van der Waals surface area contributed by atoms with Gasteiger partial charge in [0.1, 0.15) is 6.08 Å². The van der Waals surface area contributed by atoms with E-state index >= 15 is 0 Å². The van der Waals surface area contributed by atoms with E-state index in [1.54, 1.807) is 0 Å². The van der Waals surface area contributed by atoms with Crippen LogP contribution in [0.4, 0.5) is 0 Å². The topological polar surface area (TPSA) is 45.3 Å². The molecule has 1 unspecified atom stereocenters. The van der Waals surface area contributed by atoms with Crippen molar-refractivity contribution in [3.05, 3.63) is 36.0 Å². The molecule has 4 rings (SSSR count). The largest absolute Gasteiger partial charge is 0.459 e. The normalized spacial score (nSPS) is 58.0. The molecule has 1 aromatic heterocycles. The maximum absolute atomic E-state index is 13.1. The predicted molar refractivity (Wildman–Crippen MR) is 81.3 cm³/mol. The smallest absolute Gasteiger partial charge is 0.340 e. The molecule has 2 fully saturated rings. The summed E-state index contributed by atoms with van der Waals surface area (Å²) >= 11 is 0. The molecule has 2 bridgehead atoms. The van der Waals surface area contributed by atoms with Crippen LogP contribution in [0.3, 0.4) is 0 Å². The average Bonchev–Trinajstić information content (AvgIpc) is 3.07.